The minimum Gasteiger partial charge on any atom is -0.452 e. The van der Waals surface area contributed by atoms with E-state index in [0.29, 0.717) is 16.3 Å². The third kappa shape index (κ3) is 3.88. The van der Waals surface area contributed by atoms with E-state index in [0.717, 1.165) is 27.2 Å². The SMILES string of the molecule is Cc1c(Cl)cccc1NC(=O)COC(=O)c1ccccc1N1C(=O)[C@@H]2C3c4ccccc4C(c4ccccc43)[C@H]2C1=O. The average molecular weight is 577 g/mol. The summed E-state index contributed by atoms with van der Waals surface area (Å²) in [4.78, 5) is 55.3. The Kier molecular flexibility index (Phi) is 6.21. The van der Waals surface area contributed by atoms with Gasteiger partial charge in [-0.1, -0.05) is 78.3 Å². The zero-order chi connectivity index (χ0) is 29.1. The van der Waals surface area contributed by atoms with Crippen molar-refractivity contribution < 1.29 is 23.9 Å². The Balaban J connectivity index is 1.17. The lowest BCUT2D eigenvalue weighted by Crippen LogP contribution is -2.41. The van der Waals surface area contributed by atoms with Gasteiger partial charge in [0.2, 0.25) is 11.8 Å². The summed E-state index contributed by atoms with van der Waals surface area (Å²) in [7, 11) is 0. The van der Waals surface area contributed by atoms with Gasteiger partial charge in [-0.3, -0.25) is 14.4 Å². The molecule has 0 aromatic heterocycles. The van der Waals surface area contributed by atoms with E-state index < -0.39 is 30.3 Å². The highest BCUT2D eigenvalue weighted by atomic mass is 35.5. The van der Waals surface area contributed by atoms with Crippen LogP contribution in [0.15, 0.2) is 91.0 Å². The zero-order valence-corrected chi connectivity index (χ0v) is 23.3. The summed E-state index contributed by atoms with van der Waals surface area (Å²) in [5, 5.41) is 3.19. The van der Waals surface area contributed by atoms with Gasteiger partial charge in [-0.05, 0) is 59.0 Å². The normalized spacial score (nSPS) is 21.4. The molecule has 8 rings (SSSR count). The Morgan fingerprint density at radius 3 is 1.86 bits per heavy atom. The molecule has 0 unspecified atom stereocenters. The first-order valence-corrected chi connectivity index (χ1v) is 14.1. The molecule has 0 saturated carbocycles. The molecule has 42 heavy (non-hydrogen) atoms. The second kappa shape index (κ2) is 9.96. The van der Waals surface area contributed by atoms with Gasteiger partial charge in [0.25, 0.3) is 5.91 Å². The molecule has 1 fully saturated rings. The van der Waals surface area contributed by atoms with Crippen LogP contribution in [0.5, 0.6) is 0 Å². The molecule has 4 aromatic rings. The molecule has 7 nitrogen and oxygen atoms in total. The highest BCUT2D eigenvalue weighted by Crippen LogP contribution is 2.61. The van der Waals surface area contributed by atoms with Crippen LogP contribution in [0.3, 0.4) is 0 Å². The fraction of sp³-hybridized carbons (Fsp3) is 0.176. The first-order chi connectivity index (χ1) is 20.4. The number of nitrogens with one attached hydrogen (secondary N) is 1. The predicted octanol–water partition coefficient (Wildman–Crippen LogP) is 5.84. The van der Waals surface area contributed by atoms with Crippen molar-refractivity contribution in [3.05, 3.63) is 129 Å². The maximum atomic E-state index is 14.1. The first kappa shape index (κ1) is 26.2. The van der Waals surface area contributed by atoms with Crippen LogP contribution < -0.4 is 10.2 Å². The van der Waals surface area contributed by atoms with Crippen LogP contribution in [0.25, 0.3) is 0 Å². The number of rotatable bonds is 5. The highest BCUT2D eigenvalue weighted by Gasteiger charge is 2.62. The molecule has 3 aliphatic carbocycles. The third-order valence-corrected chi connectivity index (χ3v) is 9.10. The Morgan fingerprint density at radius 2 is 1.29 bits per heavy atom. The molecular formula is C34H25ClN2O5. The lowest BCUT2D eigenvalue weighted by Gasteiger charge is -2.45. The number of benzene rings is 4. The lowest BCUT2D eigenvalue weighted by molar-refractivity contribution is -0.122. The molecule has 4 aromatic carbocycles. The number of para-hydroxylation sites is 1. The summed E-state index contributed by atoms with van der Waals surface area (Å²) in [6.07, 6.45) is 0. The summed E-state index contributed by atoms with van der Waals surface area (Å²) in [5.74, 6) is -3.70. The van der Waals surface area contributed by atoms with Gasteiger partial charge >= 0.3 is 5.97 Å². The van der Waals surface area contributed by atoms with Gasteiger partial charge in [-0.25, -0.2) is 9.69 Å². The van der Waals surface area contributed by atoms with Gasteiger partial charge in [0.1, 0.15) is 0 Å². The molecule has 3 amide bonds. The maximum absolute atomic E-state index is 14.1. The average Bonchev–Trinajstić information content (AvgIpc) is 3.28. The number of nitrogens with zero attached hydrogens (tertiary/aromatic N) is 1. The largest absolute Gasteiger partial charge is 0.452 e. The summed E-state index contributed by atoms with van der Waals surface area (Å²) in [6, 6.07) is 27.5. The van der Waals surface area contributed by atoms with Crippen molar-refractivity contribution in [3.63, 3.8) is 0 Å². The van der Waals surface area contributed by atoms with E-state index in [1.165, 1.54) is 6.07 Å². The molecule has 0 spiro atoms. The van der Waals surface area contributed by atoms with Crippen molar-refractivity contribution in [1.82, 2.24) is 0 Å². The molecule has 2 atom stereocenters. The van der Waals surface area contributed by atoms with Crippen molar-refractivity contribution in [2.24, 2.45) is 11.8 Å². The molecule has 1 N–H and O–H groups in total. The van der Waals surface area contributed by atoms with Crippen LogP contribution in [-0.4, -0.2) is 30.3 Å². The minimum atomic E-state index is -0.811. The molecule has 208 valence electrons. The maximum Gasteiger partial charge on any atom is 0.340 e. The van der Waals surface area contributed by atoms with E-state index in [9.17, 15) is 19.2 Å². The van der Waals surface area contributed by atoms with Gasteiger partial charge < -0.3 is 10.1 Å². The minimum absolute atomic E-state index is 0.0342. The summed E-state index contributed by atoms with van der Waals surface area (Å²) in [6.45, 7) is 1.21. The van der Waals surface area contributed by atoms with Gasteiger partial charge in [0.05, 0.1) is 23.1 Å². The fourth-order valence-corrected chi connectivity index (χ4v) is 7.07. The number of carbonyl (C=O) groups is 4. The molecule has 1 heterocycles. The third-order valence-electron chi connectivity index (χ3n) is 8.69. The molecular weight excluding hydrogens is 552 g/mol. The van der Waals surface area contributed by atoms with Crippen LogP contribution in [0.1, 0.15) is 50.0 Å². The predicted molar refractivity (Wildman–Crippen MR) is 158 cm³/mol. The molecule has 4 aliphatic rings. The zero-order valence-electron chi connectivity index (χ0n) is 22.5. The standard InChI is InChI=1S/C34H25ClN2O5/c1-18-24(35)14-8-15-25(18)36-27(38)17-42-34(41)23-13-6-7-16-26(23)37-32(39)30-28-19-9-2-3-10-20(19)29(31(30)33(37)40)22-12-5-4-11-21(22)28/h2-16,28-31H,17H2,1H3,(H,36,38)/t28?,29?,30-,31-/m1/s1. The quantitative estimate of drug-likeness (QED) is 0.238. The van der Waals surface area contributed by atoms with Gasteiger partial charge in [0.15, 0.2) is 6.61 Å². The smallest absolute Gasteiger partial charge is 0.340 e. The number of esters is 1. The summed E-state index contributed by atoms with van der Waals surface area (Å²) >= 11 is 6.13. The van der Waals surface area contributed by atoms with Crippen LogP contribution in [0.2, 0.25) is 5.02 Å². The second-order valence-corrected chi connectivity index (χ2v) is 11.2. The van der Waals surface area contributed by atoms with E-state index >= 15 is 0 Å². The van der Waals surface area contributed by atoms with E-state index in [-0.39, 0.29) is 34.9 Å². The Bertz CT molecular complexity index is 1700. The van der Waals surface area contributed by atoms with E-state index in [4.69, 9.17) is 16.3 Å². The number of ether oxygens (including phenoxy) is 1. The Hall–Kier alpha value is -4.75. The van der Waals surface area contributed by atoms with Gasteiger partial charge in [-0.15, -0.1) is 0 Å². The first-order valence-electron chi connectivity index (χ1n) is 13.7. The van der Waals surface area contributed by atoms with Gasteiger partial charge in [-0.2, -0.15) is 0 Å². The van der Waals surface area contributed by atoms with E-state index in [1.54, 1.807) is 43.3 Å². The van der Waals surface area contributed by atoms with Crippen LogP contribution in [0, 0.1) is 18.8 Å². The fourth-order valence-electron chi connectivity index (χ4n) is 6.89. The number of hydrogen-bond acceptors (Lipinski definition) is 5. The molecule has 1 saturated heterocycles. The number of imide groups is 1. The number of amides is 3. The number of anilines is 2. The summed E-state index contributed by atoms with van der Waals surface area (Å²) < 4.78 is 5.34. The van der Waals surface area contributed by atoms with Crippen LogP contribution in [-0.2, 0) is 19.1 Å². The topological polar surface area (TPSA) is 92.8 Å². The van der Waals surface area contributed by atoms with Crippen LogP contribution >= 0.6 is 11.6 Å². The van der Waals surface area contributed by atoms with E-state index in [1.807, 2.05) is 48.5 Å². The molecule has 1 aliphatic heterocycles. The molecule has 0 radical (unpaired) electrons. The number of carbonyl (C=O) groups excluding carboxylic acids is 4. The summed E-state index contributed by atoms with van der Waals surface area (Å²) in [5.41, 5.74) is 5.67. The Morgan fingerprint density at radius 1 is 0.762 bits per heavy atom. The molecule has 8 heteroatoms. The van der Waals surface area contributed by atoms with Crippen molar-refractivity contribution in [1.29, 1.82) is 0 Å². The Labute approximate surface area is 247 Å². The van der Waals surface area contributed by atoms with Crippen molar-refractivity contribution in [3.8, 4) is 0 Å². The van der Waals surface area contributed by atoms with Crippen molar-refractivity contribution in [2.45, 2.75) is 18.8 Å². The van der Waals surface area contributed by atoms with Crippen LogP contribution in [0.4, 0.5) is 11.4 Å². The monoisotopic (exact) mass is 576 g/mol. The number of hydrogen-bond donors (Lipinski definition) is 1. The van der Waals surface area contributed by atoms with Crippen molar-refractivity contribution >= 4 is 46.7 Å². The van der Waals surface area contributed by atoms with Gasteiger partial charge in [0, 0.05) is 22.5 Å². The lowest BCUT2D eigenvalue weighted by atomic mass is 9.55. The number of halogens is 1. The second-order valence-electron chi connectivity index (χ2n) is 10.8. The highest BCUT2D eigenvalue weighted by molar-refractivity contribution is 6.31. The molecule has 2 bridgehead atoms. The van der Waals surface area contributed by atoms with E-state index in [2.05, 4.69) is 5.32 Å². The van der Waals surface area contributed by atoms with Crippen molar-refractivity contribution in [2.75, 3.05) is 16.8 Å².